The fraction of sp³-hybridized carbons (Fsp3) is 0.160. The van der Waals surface area contributed by atoms with Gasteiger partial charge >= 0.3 is 5.97 Å². The summed E-state index contributed by atoms with van der Waals surface area (Å²) in [6.45, 7) is 0. The molecule has 168 valence electrons. The van der Waals surface area contributed by atoms with E-state index in [0.29, 0.717) is 34.0 Å². The van der Waals surface area contributed by atoms with Crippen molar-refractivity contribution in [2.45, 2.75) is 12.5 Å². The number of ether oxygens (including phenoxy) is 3. The summed E-state index contributed by atoms with van der Waals surface area (Å²) in [5.41, 5.74) is 2.37. The van der Waals surface area contributed by atoms with E-state index in [4.69, 9.17) is 14.2 Å². The summed E-state index contributed by atoms with van der Waals surface area (Å²) >= 11 is 0. The van der Waals surface area contributed by atoms with Gasteiger partial charge in [0.2, 0.25) is 0 Å². The first-order valence-electron chi connectivity index (χ1n) is 10.2. The zero-order valence-electron chi connectivity index (χ0n) is 18.1. The number of anilines is 2. The topological polar surface area (TPSA) is 103 Å². The number of fused-ring (bicyclic) bond motifs is 1. The van der Waals surface area contributed by atoms with Crippen molar-refractivity contribution in [2.75, 3.05) is 24.9 Å². The van der Waals surface area contributed by atoms with Crippen LogP contribution in [0.15, 0.2) is 66.7 Å². The van der Waals surface area contributed by atoms with Crippen molar-refractivity contribution >= 4 is 29.2 Å². The van der Waals surface area contributed by atoms with Crippen LogP contribution in [0.5, 0.6) is 11.5 Å². The number of nitrogens with one attached hydrogen (secondary N) is 2. The molecule has 8 nitrogen and oxygen atoms in total. The van der Waals surface area contributed by atoms with E-state index >= 15 is 0 Å². The molecule has 33 heavy (non-hydrogen) atoms. The van der Waals surface area contributed by atoms with Crippen LogP contribution in [0.1, 0.15) is 26.3 Å². The van der Waals surface area contributed by atoms with Crippen molar-refractivity contribution < 1.29 is 28.6 Å². The Kier molecular flexibility index (Phi) is 6.26. The van der Waals surface area contributed by atoms with E-state index in [9.17, 15) is 14.4 Å². The van der Waals surface area contributed by atoms with Gasteiger partial charge in [0, 0.05) is 24.1 Å². The molecule has 0 unspecified atom stereocenters. The maximum Gasteiger partial charge on any atom is 0.339 e. The van der Waals surface area contributed by atoms with Crippen molar-refractivity contribution in [1.82, 2.24) is 0 Å². The fourth-order valence-electron chi connectivity index (χ4n) is 3.57. The van der Waals surface area contributed by atoms with Gasteiger partial charge in [-0.05, 0) is 23.8 Å². The predicted molar refractivity (Wildman–Crippen MR) is 122 cm³/mol. The Labute approximate surface area is 190 Å². The minimum atomic E-state index is -0.986. The van der Waals surface area contributed by atoms with Gasteiger partial charge in [-0.3, -0.25) is 9.59 Å². The summed E-state index contributed by atoms with van der Waals surface area (Å²) < 4.78 is 16.1. The van der Waals surface area contributed by atoms with Gasteiger partial charge in [0.25, 0.3) is 11.8 Å². The average molecular weight is 446 g/mol. The van der Waals surface area contributed by atoms with Crippen molar-refractivity contribution in [3.8, 4) is 11.5 Å². The third-order valence-electron chi connectivity index (χ3n) is 5.25. The van der Waals surface area contributed by atoms with E-state index < -0.39 is 18.0 Å². The van der Waals surface area contributed by atoms with Gasteiger partial charge in [0.05, 0.1) is 31.2 Å². The van der Waals surface area contributed by atoms with Gasteiger partial charge in [-0.1, -0.05) is 36.4 Å². The van der Waals surface area contributed by atoms with Crippen LogP contribution in [0.4, 0.5) is 11.4 Å². The van der Waals surface area contributed by atoms with Crippen molar-refractivity contribution in [3.63, 3.8) is 0 Å². The van der Waals surface area contributed by atoms with Gasteiger partial charge < -0.3 is 24.8 Å². The highest BCUT2D eigenvalue weighted by Crippen LogP contribution is 2.37. The summed E-state index contributed by atoms with van der Waals surface area (Å²) in [4.78, 5) is 37.7. The second kappa shape index (κ2) is 9.44. The minimum Gasteiger partial charge on any atom is -0.494 e. The molecule has 0 aliphatic carbocycles. The number of amides is 2. The van der Waals surface area contributed by atoms with Crippen molar-refractivity contribution in [3.05, 3.63) is 83.4 Å². The lowest BCUT2D eigenvalue weighted by Gasteiger charge is -2.24. The quantitative estimate of drug-likeness (QED) is 0.560. The van der Waals surface area contributed by atoms with E-state index in [1.807, 2.05) is 12.1 Å². The second-order valence-corrected chi connectivity index (χ2v) is 7.32. The molecule has 0 aromatic heterocycles. The standard InChI is InChI=1S/C25H22N2O6/c1-31-20-14-19(21(32-2)13-18(20)26-23(28)15-8-4-3-5-9-15)27-24(29)22-12-16-10-6-7-11-17(16)25(30)33-22/h3-11,13-14,22H,12H2,1-2H3,(H,26,28)(H,27,29)/t22-/m0/s1. The molecular weight excluding hydrogens is 424 g/mol. The number of carbonyl (C=O) groups excluding carboxylic acids is 3. The lowest BCUT2D eigenvalue weighted by molar-refractivity contribution is -0.125. The summed E-state index contributed by atoms with van der Waals surface area (Å²) in [6, 6.07) is 18.8. The average Bonchev–Trinajstić information content (AvgIpc) is 2.85. The molecule has 0 saturated carbocycles. The first-order chi connectivity index (χ1) is 16.0. The fourth-order valence-corrected chi connectivity index (χ4v) is 3.57. The van der Waals surface area contributed by atoms with E-state index in [1.54, 1.807) is 48.5 Å². The predicted octanol–water partition coefficient (Wildman–Crippen LogP) is 3.68. The Morgan fingerprint density at radius 3 is 2.15 bits per heavy atom. The molecule has 0 fully saturated rings. The first-order valence-corrected chi connectivity index (χ1v) is 10.2. The highest BCUT2D eigenvalue weighted by Gasteiger charge is 2.31. The Morgan fingerprint density at radius 1 is 0.879 bits per heavy atom. The highest BCUT2D eigenvalue weighted by atomic mass is 16.5. The molecule has 1 atom stereocenters. The number of hydrogen-bond donors (Lipinski definition) is 2. The number of rotatable bonds is 6. The van der Waals surface area contributed by atoms with Gasteiger partial charge in [-0.2, -0.15) is 0 Å². The molecule has 4 rings (SSSR count). The molecule has 0 bridgehead atoms. The molecule has 0 saturated heterocycles. The van der Waals surface area contributed by atoms with Gasteiger partial charge in [0.15, 0.2) is 6.10 Å². The van der Waals surface area contributed by atoms with E-state index in [0.717, 1.165) is 5.56 Å². The van der Waals surface area contributed by atoms with Crippen molar-refractivity contribution in [2.24, 2.45) is 0 Å². The smallest absolute Gasteiger partial charge is 0.339 e. The van der Waals surface area contributed by atoms with Gasteiger partial charge in [-0.15, -0.1) is 0 Å². The Hall–Kier alpha value is -4.33. The molecular formula is C25H22N2O6. The molecule has 1 aliphatic heterocycles. The SMILES string of the molecule is COc1cc(NC(=O)[C@@H]2Cc3ccccc3C(=O)O2)c(OC)cc1NC(=O)c1ccccc1. The molecule has 2 amide bonds. The van der Waals surface area contributed by atoms with Crippen LogP contribution in [0.25, 0.3) is 0 Å². The molecule has 3 aromatic carbocycles. The van der Waals surface area contributed by atoms with Gasteiger partial charge in [0.1, 0.15) is 11.5 Å². The molecule has 0 spiro atoms. The number of benzene rings is 3. The van der Waals surface area contributed by atoms with Crippen LogP contribution < -0.4 is 20.1 Å². The second-order valence-electron chi connectivity index (χ2n) is 7.32. The third-order valence-corrected chi connectivity index (χ3v) is 5.25. The van der Waals surface area contributed by atoms with E-state index in [2.05, 4.69) is 10.6 Å². The molecule has 3 aromatic rings. The lowest BCUT2D eigenvalue weighted by Crippen LogP contribution is -2.38. The van der Waals surface area contributed by atoms with Crippen LogP contribution in [-0.2, 0) is 16.0 Å². The van der Waals surface area contributed by atoms with Crippen LogP contribution >= 0.6 is 0 Å². The number of cyclic esters (lactones) is 1. The zero-order chi connectivity index (χ0) is 23.4. The lowest BCUT2D eigenvalue weighted by atomic mass is 9.98. The van der Waals surface area contributed by atoms with Crippen molar-refractivity contribution in [1.29, 1.82) is 0 Å². The number of esters is 1. The monoisotopic (exact) mass is 446 g/mol. The summed E-state index contributed by atoms with van der Waals surface area (Å²) in [6.07, 6.45) is -0.723. The van der Waals surface area contributed by atoms with E-state index in [-0.39, 0.29) is 12.3 Å². The van der Waals surface area contributed by atoms with Crippen LogP contribution in [0, 0.1) is 0 Å². The number of methoxy groups -OCH3 is 2. The normalized spacial score (nSPS) is 14.5. The van der Waals surface area contributed by atoms with Crippen LogP contribution in [0.2, 0.25) is 0 Å². The van der Waals surface area contributed by atoms with Crippen LogP contribution in [0.3, 0.4) is 0 Å². The van der Waals surface area contributed by atoms with Crippen LogP contribution in [-0.4, -0.2) is 38.1 Å². The summed E-state index contributed by atoms with van der Waals surface area (Å²) in [5.74, 6) is -0.739. The maximum atomic E-state index is 12.9. The Bertz CT molecular complexity index is 1210. The first kappa shape index (κ1) is 21.9. The van der Waals surface area contributed by atoms with E-state index in [1.165, 1.54) is 20.3 Å². The summed E-state index contributed by atoms with van der Waals surface area (Å²) in [5, 5.41) is 5.52. The zero-order valence-corrected chi connectivity index (χ0v) is 18.1. The molecule has 1 aliphatic rings. The molecule has 1 heterocycles. The highest BCUT2D eigenvalue weighted by molar-refractivity contribution is 6.06. The maximum absolute atomic E-state index is 12.9. The Balaban J connectivity index is 1.55. The summed E-state index contributed by atoms with van der Waals surface area (Å²) in [7, 11) is 2.89. The molecule has 0 radical (unpaired) electrons. The number of hydrogen-bond acceptors (Lipinski definition) is 6. The molecule has 8 heteroatoms. The van der Waals surface area contributed by atoms with Gasteiger partial charge in [-0.25, -0.2) is 4.79 Å². The molecule has 2 N–H and O–H groups in total. The number of carbonyl (C=O) groups is 3. The minimum absolute atomic E-state index is 0.262. The largest absolute Gasteiger partial charge is 0.494 e. The Morgan fingerprint density at radius 2 is 1.48 bits per heavy atom. The third kappa shape index (κ3) is 4.64.